The van der Waals surface area contributed by atoms with Crippen LogP contribution in [-0.2, 0) is 27.3 Å². The molecule has 11 nitrogen and oxygen atoms in total. The number of carbonyl (C=O) groups is 5. The van der Waals surface area contributed by atoms with Gasteiger partial charge in [0.2, 0.25) is 17.7 Å². The minimum atomic E-state index is -0.962. The molecule has 1 unspecified atom stereocenters. The van der Waals surface area contributed by atoms with Gasteiger partial charge in [-0.1, -0.05) is 62.1 Å². The van der Waals surface area contributed by atoms with E-state index in [2.05, 4.69) is 58.4 Å². The number of unbranched alkanes of at least 4 members (excludes halogenated alkanes) is 5. The smallest absolute Gasteiger partial charge is 0.262 e. The van der Waals surface area contributed by atoms with Crippen molar-refractivity contribution in [1.82, 2.24) is 24.9 Å². The molecule has 3 atom stereocenters. The SMILES string of the molecule is Cc1cccc(F)c1CN1C[C@H](c2ccc(N3CCN(C(=O)CCCCCCCCc4cccc5c4C(=O)N(C4CCC(=O)NC4=O)C5=O)CC3)cc2)[C@@H](N(C)C)C1. The van der Waals surface area contributed by atoms with Gasteiger partial charge in [0.1, 0.15) is 11.9 Å². The van der Waals surface area contributed by atoms with Gasteiger partial charge in [-0.2, -0.15) is 0 Å². The number of carbonyl (C=O) groups excluding carboxylic acids is 5. The second kappa shape index (κ2) is 18.3. The molecule has 0 radical (unpaired) electrons. The molecule has 0 spiro atoms. The summed E-state index contributed by atoms with van der Waals surface area (Å²) in [5.41, 5.74) is 5.79. The summed E-state index contributed by atoms with van der Waals surface area (Å²) in [6.07, 6.45) is 7.22. The molecule has 3 aromatic carbocycles. The van der Waals surface area contributed by atoms with Gasteiger partial charge in [-0.3, -0.25) is 39.1 Å². The van der Waals surface area contributed by atoms with Crippen LogP contribution in [0.5, 0.6) is 0 Å². The molecule has 3 saturated heterocycles. The molecule has 308 valence electrons. The van der Waals surface area contributed by atoms with E-state index in [1.165, 1.54) is 11.3 Å². The Bertz CT molecular complexity index is 1990. The summed E-state index contributed by atoms with van der Waals surface area (Å²) in [4.78, 5) is 73.6. The zero-order valence-corrected chi connectivity index (χ0v) is 34.2. The van der Waals surface area contributed by atoms with Crippen LogP contribution in [0.15, 0.2) is 60.7 Å². The third-order valence-corrected chi connectivity index (χ3v) is 12.7. The topological polar surface area (TPSA) is 114 Å². The highest BCUT2D eigenvalue weighted by atomic mass is 19.1. The van der Waals surface area contributed by atoms with Crippen molar-refractivity contribution >= 4 is 35.2 Å². The standard InChI is InChI=1S/C46H57FN6O5/c1-31-12-10-16-38(47)36(31)28-50-29-37(40(30-50)49(2)3)32-18-20-34(21-19-32)51-24-26-52(27-25-51)42(55)17-9-7-5-4-6-8-13-33-14-11-15-35-43(33)46(58)53(45(35)57)39-22-23-41(54)48-44(39)56/h10-12,14-16,18-21,37,39-40H,4-9,13,17,22-30H2,1-3H3,(H,48,54,56)/t37-,39?,40+/m1/s1. The molecule has 7 rings (SSSR count). The maximum atomic E-state index is 14.6. The van der Waals surface area contributed by atoms with Crippen LogP contribution in [0.1, 0.15) is 107 Å². The fourth-order valence-electron chi connectivity index (χ4n) is 9.33. The van der Waals surface area contributed by atoms with Crippen molar-refractivity contribution in [2.75, 3.05) is 58.3 Å². The Morgan fingerprint density at radius 2 is 1.53 bits per heavy atom. The first-order valence-electron chi connectivity index (χ1n) is 21.1. The van der Waals surface area contributed by atoms with Crippen molar-refractivity contribution in [3.05, 3.63) is 99.9 Å². The van der Waals surface area contributed by atoms with E-state index in [1.807, 2.05) is 24.0 Å². The van der Waals surface area contributed by atoms with Gasteiger partial charge < -0.3 is 14.7 Å². The van der Waals surface area contributed by atoms with Crippen LogP contribution >= 0.6 is 0 Å². The average molecular weight is 793 g/mol. The molecule has 12 heteroatoms. The summed E-state index contributed by atoms with van der Waals surface area (Å²) in [6.45, 7) is 7.44. The first kappa shape index (κ1) is 41.2. The number of nitrogens with one attached hydrogen (secondary N) is 1. The highest BCUT2D eigenvalue weighted by Gasteiger charge is 2.45. The van der Waals surface area contributed by atoms with Crippen LogP contribution < -0.4 is 10.2 Å². The molecule has 3 aromatic rings. The maximum Gasteiger partial charge on any atom is 0.262 e. The van der Waals surface area contributed by atoms with Gasteiger partial charge in [0.05, 0.1) is 11.1 Å². The number of halogens is 1. The highest BCUT2D eigenvalue weighted by molar-refractivity contribution is 6.24. The zero-order chi connectivity index (χ0) is 40.9. The molecule has 58 heavy (non-hydrogen) atoms. The number of benzene rings is 3. The van der Waals surface area contributed by atoms with E-state index >= 15 is 0 Å². The minimum Gasteiger partial charge on any atom is -0.368 e. The van der Waals surface area contributed by atoms with E-state index in [9.17, 15) is 28.4 Å². The quantitative estimate of drug-likeness (QED) is 0.155. The molecule has 0 bridgehead atoms. The summed E-state index contributed by atoms with van der Waals surface area (Å²) in [6, 6.07) is 18.9. The number of rotatable bonds is 15. The van der Waals surface area contributed by atoms with Crippen LogP contribution in [0.25, 0.3) is 0 Å². The van der Waals surface area contributed by atoms with Gasteiger partial charge in [0.25, 0.3) is 11.8 Å². The first-order chi connectivity index (χ1) is 28.0. The van der Waals surface area contributed by atoms with Crippen LogP contribution in [0, 0.1) is 12.7 Å². The molecule has 4 aliphatic heterocycles. The number of hydrogen-bond acceptors (Lipinski definition) is 8. The van der Waals surface area contributed by atoms with Crippen molar-refractivity contribution in [2.45, 2.75) is 95.7 Å². The molecule has 0 aliphatic carbocycles. The zero-order valence-electron chi connectivity index (χ0n) is 34.2. The molecule has 0 aromatic heterocycles. The molecular formula is C46H57FN6O5. The number of amides is 5. The Hall–Kier alpha value is -4.94. The Labute approximate surface area is 341 Å². The summed E-state index contributed by atoms with van der Waals surface area (Å²) < 4.78 is 14.6. The number of piperazine rings is 1. The van der Waals surface area contributed by atoms with Gasteiger partial charge in [-0.25, -0.2) is 4.39 Å². The molecule has 5 amide bonds. The van der Waals surface area contributed by atoms with Gasteiger partial charge in [-0.15, -0.1) is 0 Å². The summed E-state index contributed by atoms with van der Waals surface area (Å²) in [5, 5.41) is 2.24. The number of anilines is 1. The second-order valence-corrected chi connectivity index (χ2v) is 16.7. The normalized spacial score (nSPS) is 21.3. The Kier molecular flexibility index (Phi) is 13.0. The maximum absolute atomic E-state index is 14.6. The Morgan fingerprint density at radius 3 is 2.24 bits per heavy atom. The number of hydrogen-bond donors (Lipinski definition) is 1. The van der Waals surface area contributed by atoms with Gasteiger partial charge in [0.15, 0.2) is 0 Å². The van der Waals surface area contributed by atoms with Gasteiger partial charge in [-0.05, 0) is 87.7 Å². The molecule has 3 fully saturated rings. The largest absolute Gasteiger partial charge is 0.368 e. The predicted molar refractivity (Wildman–Crippen MR) is 221 cm³/mol. The lowest BCUT2D eigenvalue weighted by Gasteiger charge is -2.36. The summed E-state index contributed by atoms with van der Waals surface area (Å²) in [5.74, 6) is -1.48. The predicted octanol–water partition coefficient (Wildman–Crippen LogP) is 5.69. The number of fused-ring (bicyclic) bond motifs is 1. The Morgan fingerprint density at radius 1 is 0.828 bits per heavy atom. The van der Waals surface area contributed by atoms with Crippen LogP contribution in [0.2, 0.25) is 0 Å². The van der Waals surface area contributed by atoms with Crippen LogP contribution in [-0.4, -0.2) is 115 Å². The molecule has 0 saturated carbocycles. The van der Waals surface area contributed by atoms with Crippen molar-refractivity contribution in [3.8, 4) is 0 Å². The van der Waals surface area contributed by atoms with E-state index in [0.29, 0.717) is 42.5 Å². The van der Waals surface area contributed by atoms with Gasteiger partial charge >= 0.3 is 0 Å². The monoisotopic (exact) mass is 792 g/mol. The fourth-order valence-corrected chi connectivity index (χ4v) is 9.33. The molecule has 1 N–H and O–H groups in total. The van der Waals surface area contributed by atoms with Crippen molar-refractivity contribution < 1.29 is 28.4 Å². The number of imide groups is 2. The lowest BCUT2D eigenvalue weighted by Crippen LogP contribution is -2.54. The minimum absolute atomic E-state index is 0.0968. The van der Waals surface area contributed by atoms with Crippen molar-refractivity contribution in [2.24, 2.45) is 0 Å². The van der Waals surface area contributed by atoms with Crippen molar-refractivity contribution in [1.29, 1.82) is 0 Å². The number of likely N-dealkylation sites (N-methyl/N-ethyl adjacent to an activating group) is 1. The van der Waals surface area contributed by atoms with E-state index in [0.717, 1.165) is 99.4 Å². The highest BCUT2D eigenvalue weighted by Crippen LogP contribution is 2.34. The van der Waals surface area contributed by atoms with E-state index in [4.69, 9.17) is 0 Å². The summed E-state index contributed by atoms with van der Waals surface area (Å²) in [7, 11) is 4.26. The van der Waals surface area contributed by atoms with E-state index in [1.54, 1.807) is 24.3 Å². The number of aryl methyl sites for hydroxylation is 2. The Balaban J connectivity index is 0.795. The first-order valence-corrected chi connectivity index (χ1v) is 21.1. The van der Waals surface area contributed by atoms with Gasteiger partial charge in [0, 0.05) is 81.9 Å². The number of nitrogens with zero attached hydrogens (tertiary/aromatic N) is 5. The average Bonchev–Trinajstić information content (AvgIpc) is 3.76. The lowest BCUT2D eigenvalue weighted by atomic mass is 9.93. The van der Waals surface area contributed by atoms with Crippen molar-refractivity contribution in [3.63, 3.8) is 0 Å². The lowest BCUT2D eigenvalue weighted by molar-refractivity contribution is -0.136. The number of piperidine rings is 1. The summed E-state index contributed by atoms with van der Waals surface area (Å²) >= 11 is 0. The molecular weight excluding hydrogens is 736 g/mol. The van der Waals surface area contributed by atoms with Crippen LogP contribution in [0.3, 0.4) is 0 Å². The fraction of sp³-hybridized carbons (Fsp3) is 0.500. The van der Waals surface area contributed by atoms with Crippen LogP contribution in [0.4, 0.5) is 10.1 Å². The van der Waals surface area contributed by atoms with E-state index in [-0.39, 0.29) is 30.5 Å². The van der Waals surface area contributed by atoms with E-state index < -0.39 is 23.8 Å². The second-order valence-electron chi connectivity index (χ2n) is 16.7. The molecule has 4 aliphatic rings. The third kappa shape index (κ3) is 9.03. The third-order valence-electron chi connectivity index (χ3n) is 12.7. The molecule has 4 heterocycles. The number of likely N-dealkylation sites (tertiary alicyclic amines) is 1.